The number of methoxy groups -OCH3 is 1. The fourth-order valence-electron chi connectivity index (χ4n) is 1.33. The van der Waals surface area contributed by atoms with Gasteiger partial charge in [-0.3, -0.25) is 0 Å². The Morgan fingerprint density at radius 1 is 1.47 bits per heavy atom. The zero-order valence-corrected chi connectivity index (χ0v) is 10.5. The summed E-state index contributed by atoms with van der Waals surface area (Å²) in [6.07, 6.45) is -0.478. The van der Waals surface area contributed by atoms with Gasteiger partial charge < -0.3 is 15.2 Å². The normalized spacial score (nSPS) is 12.5. The van der Waals surface area contributed by atoms with Gasteiger partial charge in [0.25, 0.3) is 0 Å². The van der Waals surface area contributed by atoms with E-state index < -0.39 is 6.10 Å². The molecule has 0 spiro atoms. The number of halogens is 1. The predicted octanol–water partition coefficient (Wildman–Crippen LogP) is 2.18. The second kappa shape index (κ2) is 6.10. The fourth-order valence-corrected chi connectivity index (χ4v) is 1.93. The van der Waals surface area contributed by atoms with Crippen molar-refractivity contribution in [2.75, 3.05) is 25.6 Å². The molecular formula is C11H16BrNO2. The maximum Gasteiger partial charge on any atom is 0.0945 e. The molecule has 0 saturated heterocycles. The van der Waals surface area contributed by atoms with Crippen molar-refractivity contribution in [3.63, 3.8) is 0 Å². The first-order valence-corrected chi connectivity index (χ1v) is 5.59. The number of aryl methyl sites for hydroxylation is 1. The van der Waals surface area contributed by atoms with Crippen LogP contribution < -0.4 is 5.32 Å². The van der Waals surface area contributed by atoms with Crippen LogP contribution in [0, 0.1) is 6.92 Å². The third kappa shape index (κ3) is 4.64. The van der Waals surface area contributed by atoms with Crippen LogP contribution in [0.25, 0.3) is 0 Å². The van der Waals surface area contributed by atoms with Gasteiger partial charge in [0, 0.05) is 23.8 Å². The quantitative estimate of drug-likeness (QED) is 0.864. The highest BCUT2D eigenvalue weighted by atomic mass is 79.9. The number of benzene rings is 1. The van der Waals surface area contributed by atoms with Gasteiger partial charge in [-0.25, -0.2) is 0 Å². The van der Waals surface area contributed by atoms with Crippen molar-refractivity contribution in [1.29, 1.82) is 0 Å². The number of anilines is 1. The molecule has 0 fully saturated rings. The SMILES string of the molecule is COCC(O)CNc1cc(C)cc(Br)c1. The standard InChI is InChI=1S/C11H16BrNO2/c1-8-3-9(12)5-10(4-8)13-6-11(14)7-15-2/h3-5,11,13-14H,6-7H2,1-2H3. The van der Waals surface area contributed by atoms with Gasteiger partial charge in [-0.1, -0.05) is 15.9 Å². The van der Waals surface area contributed by atoms with E-state index in [0.717, 1.165) is 10.2 Å². The second-order valence-corrected chi connectivity index (χ2v) is 4.42. The minimum Gasteiger partial charge on any atom is -0.389 e. The molecule has 1 aromatic rings. The average Bonchev–Trinajstić information content (AvgIpc) is 2.14. The van der Waals surface area contributed by atoms with E-state index >= 15 is 0 Å². The lowest BCUT2D eigenvalue weighted by Crippen LogP contribution is -2.24. The number of rotatable bonds is 5. The fraction of sp³-hybridized carbons (Fsp3) is 0.455. The van der Waals surface area contributed by atoms with Gasteiger partial charge in [-0.15, -0.1) is 0 Å². The monoisotopic (exact) mass is 273 g/mol. The first-order chi connectivity index (χ1) is 7.11. The molecule has 3 nitrogen and oxygen atoms in total. The van der Waals surface area contributed by atoms with Crippen molar-refractivity contribution in [2.24, 2.45) is 0 Å². The van der Waals surface area contributed by atoms with E-state index in [1.165, 1.54) is 5.56 Å². The van der Waals surface area contributed by atoms with Crippen molar-refractivity contribution in [1.82, 2.24) is 0 Å². The molecule has 0 radical (unpaired) electrons. The van der Waals surface area contributed by atoms with Crippen molar-refractivity contribution < 1.29 is 9.84 Å². The van der Waals surface area contributed by atoms with Gasteiger partial charge in [0.1, 0.15) is 0 Å². The maximum atomic E-state index is 9.45. The number of aliphatic hydroxyl groups excluding tert-OH is 1. The van der Waals surface area contributed by atoms with E-state index in [4.69, 9.17) is 4.74 Å². The van der Waals surface area contributed by atoms with Crippen LogP contribution in [-0.2, 0) is 4.74 Å². The highest BCUT2D eigenvalue weighted by Crippen LogP contribution is 2.18. The molecule has 0 saturated carbocycles. The van der Waals surface area contributed by atoms with Gasteiger partial charge in [0.2, 0.25) is 0 Å². The zero-order chi connectivity index (χ0) is 11.3. The third-order valence-corrected chi connectivity index (χ3v) is 2.40. The first kappa shape index (κ1) is 12.5. The lowest BCUT2D eigenvalue weighted by molar-refractivity contribution is 0.0727. The number of hydrogen-bond donors (Lipinski definition) is 2. The van der Waals surface area contributed by atoms with Crippen LogP contribution in [0.5, 0.6) is 0 Å². The molecule has 0 amide bonds. The van der Waals surface area contributed by atoms with Crippen molar-refractivity contribution in [2.45, 2.75) is 13.0 Å². The Morgan fingerprint density at radius 3 is 2.80 bits per heavy atom. The number of ether oxygens (including phenoxy) is 1. The molecule has 1 atom stereocenters. The summed E-state index contributed by atoms with van der Waals surface area (Å²) in [5.41, 5.74) is 2.17. The van der Waals surface area contributed by atoms with Crippen LogP contribution >= 0.6 is 15.9 Å². The van der Waals surface area contributed by atoms with Crippen molar-refractivity contribution in [3.8, 4) is 0 Å². The Hall–Kier alpha value is -0.580. The maximum absolute atomic E-state index is 9.45. The minimum atomic E-state index is -0.478. The molecule has 2 N–H and O–H groups in total. The van der Waals surface area contributed by atoms with Crippen LogP contribution in [0.2, 0.25) is 0 Å². The number of aliphatic hydroxyl groups is 1. The molecule has 15 heavy (non-hydrogen) atoms. The highest BCUT2D eigenvalue weighted by molar-refractivity contribution is 9.10. The lowest BCUT2D eigenvalue weighted by Gasteiger charge is -2.12. The molecule has 0 aliphatic carbocycles. The zero-order valence-electron chi connectivity index (χ0n) is 8.96. The van der Waals surface area contributed by atoms with E-state index in [1.807, 2.05) is 25.1 Å². The van der Waals surface area contributed by atoms with Crippen molar-refractivity contribution >= 4 is 21.6 Å². The number of hydrogen-bond acceptors (Lipinski definition) is 3. The lowest BCUT2D eigenvalue weighted by atomic mass is 10.2. The van der Waals surface area contributed by atoms with Crippen LogP contribution in [0.15, 0.2) is 22.7 Å². The summed E-state index contributed by atoms with van der Waals surface area (Å²) in [5, 5.41) is 12.6. The molecule has 0 heterocycles. The summed E-state index contributed by atoms with van der Waals surface area (Å²) in [4.78, 5) is 0. The van der Waals surface area contributed by atoms with Gasteiger partial charge >= 0.3 is 0 Å². The summed E-state index contributed by atoms with van der Waals surface area (Å²) in [6, 6.07) is 6.05. The van der Waals surface area contributed by atoms with Gasteiger partial charge in [-0.05, 0) is 30.7 Å². The Kier molecular flexibility index (Phi) is 5.08. The van der Waals surface area contributed by atoms with Crippen molar-refractivity contribution in [3.05, 3.63) is 28.2 Å². The van der Waals surface area contributed by atoms with E-state index in [1.54, 1.807) is 7.11 Å². The molecule has 1 unspecified atom stereocenters. The molecule has 84 valence electrons. The predicted molar refractivity (Wildman–Crippen MR) is 65.3 cm³/mol. The van der Waals surface area contributed by atoms with E-state index in [2.05, 4.69) is 21.2 Å². The third-order valence-electron chi connectivity index (χ3n) is 1.94. The molecule has 4 heteroatoms. The summed E-state index contributed by atoms with van der Waals surface area (Å²) in [6.45, 7) is 2.87. The van der Waals surface area contributed by atoms with Crippen LogP contribution in [0.1, 0.15) is 5.56 Å². The van der Waals surface area contributed by atoms with Crippen LogP contribution in [-0.4, -0.2) is 31.5 Å². The number of nitrogens with one attached hydrogen (secondary N) is 1. The Balaban J connectivity index is 2.50. The molecule has 0 bridgehead atoms. The van der Waals surface area contributed by atoms with E-state index in [-0.39, 0.29) is 0 Å². The minimum absolute atomic E-state index is 0.347. The summed E-state index contributed by atoms with van der Waals surface area (Å²) < 4.78 is 5.87. The Labute approximate surface area is 98.6 Å². The highest BCUT2D eigenvalue weighted by Gasteiger charge is 2.03. The largest absolute Gasteiger partial charge is 0.389 e. The smallest absolute Gasteiger partial charge is 0.0945 e. The van der Waals surface area contributed by atoms with Gasteiger partial charge in [-0.2, -0.15) is 0 Å². The first-order valence-electron chi connectivity index (χ1n) is 4.80. The Bertz CT molecular complexity index is 297. The van der Waals surface area contributed by atoms with Crippen LogP contribution in [0.4, 0.5) is 5.69 Å². The van der Waals surface area contributed by atoms with E-state index in [9.17, 15) is 5.11 Å². The topological polar surface area (TPSA) is 41.5 Å². The molecule has 1 aromatic carbocycles. The van der Waals surface area contributed by atoms with Gasteiger partial charge in [0.05, 0.1) is 12.7 Å². The summed E-state index contributed by atoms with van der Waals surface area (Å²) in [7, 11) is 1.58. The average molecular weight is 274 g/mol. The molecule has 0 aliphatic rings. The summed E-state index contributed by atoms with van der Waals surface area (Å²) in [5.74, 6) is 0. The molecule has 0 aliphatic heterocycles. The van der Waals surface area contributed by atoms with E-state index in [0.29, 0.717) is 13.2 Å². The molecule has 0 aromatic heterocycles. The van der Waals surface area contributed by atoms with Gasteiger partial charge in [0.15, 0.2) is 0 Å². The molecular weight excluding hydrogens is 258 g/mol. The Morgan fingerprint density at radius 2 is 2.20 bits per heavy atom. The van der Waals surface area contributed by atoms with Crippen LogP contribution in [0.3, 0.4) is 0 Å². The molecule has 1 rings (SSSR count). The second-order valence-electron chi connectivity index (χ2n) is 3.51. The summed E-state index contributed by atoms with van der Waals surface area (Å²) >= 11 is 3.42.